The molecule has 3 heterocycles. The lowest BCUT2D eigenvalue weighted by Gasteiger charge is -2.25. The van der Waals surface area contributed by atoms with Gasteiger partial charge in [0.25, 0.3) is 17.4 Å². The summed E-state index contributed by atoms with van der Waals surface area (Å²) < 4.78 is 2.96. The molecule has 2 aliphatic heterocycles. The van der Waals surface area contributed by atoms with Crippen molar-refractivity contribution in [3.63, 3.8) is 0 Å². The number of carbonyl (C=O) groups is 2. The number of unbranched alkanes of at least 4 members (excludes halogenated alkanes) is 4. The van der Waals surface area contributed by atoms with Crippen LogP contribution in [0, 0.1) is 6.92 Å². The number of allylic oxidation sites excluding steroid dienone is 2. The number of nitrogens with zero attached hydrogens (tertiary/aromatic N) is 2. The molecule has 1 aromatic rings. The van der Waals surface area contributed by atoms with Crippen molar-refractivity contribution in [1.29, 1.82) is 0 Å². The summed E-state index contributed by atoms with van der Waals surface area (Å²) in [5, 5.41) is 11.7. The number of hydrogen-bond acceptors (Lipinski definition) is 8. The van der Waals surface area contributed by atoms with Crippen molar-refractivity contribution in [1.82, 2.24) is 30.4 Å². The van der Waals surface area contributed by atoms with Crippen LogP contribution in [-0.4, -0.2) is 31.9 Å². The maximum absolute atomic E-state index is 13.0. The van der Waals surface area contributed by atoms with Crippen LogP contribution in [0.25, 0.3) is 0 Å². The Morgan fingerprint density at radius 2 is 1.14 bits per heavy atom. The average molecular weight is 551 g/mol. The fourth-order valence-corrected chi connectivity index (χ4v) is 5.34. The highest BCUT2D eigenvalue weighted by Crippen LogP contribution is 2.18. The number of aromatic nitrogens is 2. The second-order valence-corrected chi connectivity index (χ2v) is 10.6. The Kier molecular flexibility index (Phi) is 10.4. The van der Waals surface area contributed by atoms with Gasteiger partial charge in [0.05, 0.1) is 0 Å². The zero-order valence-corrected chi connectivity index (χ0v) is 23.5. The van der Waals surface area contributed by atoms with Gasteiger partial charge >= 0.3 is 5.69 Å². The molecule has 0 aliphatic carbocycles. The molecule has 10 nitrogen and oxygen atoms in total. The lowest BCUT2D eigenvalue weighted by molar-refractivity contribution is -0.119. The Morgan fingerprint density at radius 3 is 1.59 bits per heavy atom. The smallest absolute Gasteiger partial charge is 0.331 e. The summed E-state index contributed by atoms with van der Waals surface area (Å²) in [6.45, 7) is 6.39. The third-order valence-electron chi connectivity index (χ3n) is 6.80. The van der Waals surface area contributed by atoms with E-state index >= 15 is 0 Å². The molecule has 0 spiro atoms. The van der Waals surface area contributed by atoms with Gasteiger partial charge in [-0.15, -0.1) is 25.3 Å². The molecule has 0 bridgehead atoms. The molecule has 2 atom stereocenters. The summed E-state index contributed by atoms with van der Waals surface area (Å²) in [7, 11) is 0. The molecule has 2 amide bonds. The van der Waals surface area contributed by atoms with Gasteiger partial charge in [-0.3, -0.25) is 23.5 Å². The summed E-state index contributed by atoms with van der Waals surface area (Å²) in [5.74, 6) is -0.196. The molecule has 0 fully saturated rings. The first kappa shape index (κ1) is 29.0. The minimum absolute atomic E-state index is 0.0905. The Hall–Kier alpha value is -2.60. The van der Waals surface area contributed by atoms with E-state index in [2.05, 4.69) is 46.5 Å². The molecule has 0 radical (unpaired) electrons. The van der Waals surface area contributed by atoms with E-state index in [0.29, 0.717) is 38.0 Å². The van der Waals surface area contributed by atoms with E-state index in [1.54, 1.807) is 11.5 Å². The zero-order chi connectivity index (χ0) is 27.1. The Morgan fingerprint density at radius 1 is 0.676 bits per heavy atom. The van der Waals surface area contributed by atoms with Gasteiger partial charge in [0.2, 0.25) is 0 Å². The summed E-state index contributed by atoms with van der Waals surface area (Å²) in [5.41, 5.74) is 2.50. The van der Waals surface area contributed by atoms with E-state index in [1.165, 1.54) is 10.6 Å². The predicted molar refractivity (Wildman–Crippen MR) is 150 cm³/mol. The number of nitrogens with one attached hydrogen (secondary N) is 4. The van der Waals surface area contributed by atoms with Gasteiger partial charge in [0.15, 0.2) is 0 Å². The third-order valence-corrected chi connectivity index (χ3v) is 7.31. The SMILES string of the molecule is CC1=C(CCCCCn2c(C)cc(=O)n(CCCCCC3=C(C)NC(S)NC3=O)c2=O)C(=O)NC(S)N1. The van der Waals surface area contributed by atoms with Crippen LogP contribution in [0.5, 0.6) is 0 Å². The average Bonchev–Trinajstić information content (AvgIpc) is 2.79. The highest BCUT2D eigenvalue weighted by Gasteiger charge is 2.22. The normalized spacial score (nSPS) is 19.9. The van der Waals surface area contributed by atoms with Crippen LogP contribution in [0.2, 0.25) is 0 Å². The van der Waals surface area contributed by atoms with Crippen molar-refractivity contribution < 1.29 is 9.59 Å². The molecule has 3 rings (SSSR count). The topological polar surface area (TPSA) is 126 Å². The second kappa shape index (κ2) is 13.3. The molecule has 204 valence electrons. The van der Waals surface area contributed by atoms with Gasteiger partial charge in [-0.05, 0) is 59.3 Å². The van der Waals surface area contributed by atoms with Crippen LogP contribution in [0.4, 0.5) is 0 Å². The lowest BCUT2D eigenvalue weighted by Crippen LogP contribution is -2.46. The van der Waals surface area contributed by atoms with Gasteiger partial charge in [-0.1, -0.05) is 12.8 Å². The van der Waals surface area contributed by atoms with E-state index in [9.17, 15) is 19.2 Å². The van der Waals surface area contributed by atoms with Gasteiger partial charge in [0.1, 0.15) is 11.0 Å². The standard InChI is InChI=1S/C25H38N6O4S2/c1-15-14-20(32)31(13-9-5-7-11-19-17(3)27-24(37)29-22(19)34)25(35)30(15)12-8-4-6-10-18-16(2)26-23(36)28-21(18)33/h14,23-24,26-27,36-37H,4-13H2,1-3H3,(H,28,33)(H,29,34). The Balaban J connectivity index is 1.48. The molecular weight excluding hydrogens is 512 g/mol. The van der Waals surface area contributed by atoms with Crippen LogP contribution in [0.3, 0.4) is 0 Å². The first-order valence-corrected chi connectivity index (χ1v) is 13.8. The molecule has 4 N–H and O–H groups in total. The zero-order valence-electron chi connectivity index (χ0n) is 21.7. The molecule has 37 heavy (non-hydrogen) atoms. The largest absolute Gasteiger partial charge is 0.360 e. The van der Waals surface area contributed by atoms with Gasteiger partial charge in [0, 0.05) is 47.4 Å². The summed E-state index contributed by atoms with van der Waals surface area (Å²) >= 11 is 8.45. The Labute approximate surface area is 228 Å². The molecule has 0 aromatic carbocycles. The first-order chi connectivity index (χ1) is 17.6. The van der Waals surface area contributed by atoms with Crippen molar-refractivity contribution >= 4 is 37.1 Å². The molecule has 0 saturated heterocycles. The first-order valence-electron chi connectivity index (χ1n) is 12.8. The van der Waals surface area contributed by atoms with Gasteiger partial charge in [-0.25, -0.2) is 4.79 Å². The lowest BCUT2D eigenvalue weighted by atomic mass is 10.0. The number of carbonyl (C=O) groups excluding carboxylic acids is 2. The van der Waals surface area contributed by atoms with Crippen molar-refractivity contribution in [2.45, 2.75) is 96.2 Å². The van der Waals surface area contributed by atoms with Crippen LogP contribution in [0.1, 0.15) is 70.9 Å². The molecule has 0 saturated carbocycles. The van der Waals surface area contributed by atoms with E-state index in [0.717, 1.165) is 54.6 Å². The van der Waals surface area contributed by atoms with Crippen LogP contribution in [0.15, 0.2) is 38.2 Å². The molecule has 1 aromatic heterocycles. The minimum Gasteiger partial charge on any atom is -0.360 e. The van der Waals surface area contributed by atoms with Crippen LogP contribution in [-0.2, 0) is 22.7 Å². The maximum atomic E-state index is 13.0. The van der Waals surface area contributed by atoms with Crippen molar-refractivity contribution in [2.24, 2.45) is 0 Å². The summed E-state index contributed by atoms with van der Waals surface area (Å²) in [4.78, 5) is 49.8. The maximum Gasteiger partial charge on any atom is 0.331 e. The quantitative estimate of drug-likeness (QED) is 0.174. The third kappa shape index (κ3) is 7.70. The Bertz CT molecular complexity index is 1200. The number of aryl methyl sites for hydroxylation is 1. The molecule has 2 unspecified atom stereocenters. The van der Waals surface area contributed by atoms with Gasteiger partial charge in [-0.2, -0.15) is 0 Å². The van der Waals surface area contributed by atoms with Crippen LogP contribution < -0.4 is 32.5 Å². The summed E-state index contributed by atoms with van der Waals surface area (Å²) in [6.07, 6.45) is 5.98. The minimum atomic E-state index is -0.370. The fourth-order valence-electron chi connectivity index (χ4n) is 4.72. The number of thiol groups is 2. The second-order valence-electron chi connectivity index (χ2n) is 9.58. The van der Waals surface area contributed by atoms with Gasteiger partial charge < -0.3 is 21.3 Å². The van der Waals surface area contributed by atoms with E-state index in [4.69, 9.17) is 0 Å². The fraction of sp³-hybridized carbons (Fsp3) is 0.600. The molecular formula is C25H38N6O4S2. The number of rotatable bonds is 12. The van der Waals surface area contributed by atoms with Crippen molar-refractivity contribution in [3.05, 3.63) is 55.1 Å². The highest BCUT2D eigenvalue weighted by atomic mass is 32.1. The van der Waals surface area contributed by atoms with E-state index < -0.39 is 0 Å². The number of hydrogen-bond donors (Lipinski definition) is 6. The highest BCUT2D eigenvalue weighted by molar-refractivity contribution is 7.81. The molecule has 12 heteroatoms. The number of amides is 2. The van der Waals surface area contributed by atoms with E-state index in [-0.39, 0.29) is 34.1 Å². The predicted octanol–water partition coefficient (Wildman–Crippen LogP) is 1.85. The molecule has 2 aliphatic rings. The van der Waals surface area contributed by atoms with E-state index in [1.807, 2.05) is 13.8 Å². The monoisotopic (exact) mass is 550 g/mol. The van der Waals surface area contributed by atoms with Crippen molar-refractivity contribution in [2.75, 3.05) is 0 Å². The van der Waals surface area contributed by atoms with Crippen molar-refractivity contribution in [3.8, 4) is 0 Å². The summed E-state index contributed by atoms with van der Waals surface area (Å²) in [6, 6.07) is 1.52. The van der Waals surface area contributed by atoms with Crippen LogP contribution >= 0.6 is 25.3 Å².